The van der Waals surface area contributed by atoms with Crippen molar-refractivity contribution in [2.24, 2.45) is 17.6 Å². The zero-order valence-corrected chi connectivity index (χ0v) is 11.0. The second-order valence-corrected chi connectivity index (χ2v) is 5.54. The molecule has 0 spiro atoms. The predicted molar refractivity (Wildman–Crippen MR) is 72.4 cm³/mol. The first-order chi connectivity index (χ1) is 9.09. The van der Waals surface area contributed by atoms with Gasteiger partial charge in [-0.15, -0.1) is 0 Å². The molecule has 2 aliphatic rings. The van der Waals surface area contributed by atoms with E-state index in [1.165, 1.54) is 4.90 Å². The quantitative estimate of drug-likeness (QED) is 0.825. The molecule has 2 fully saturated rings. The molecule has 1 aromatic carbocycles. The molecule has 1 heterocycles. The third-order valence-electron chi connectivity index (χ3n) is 4.27. The van der Waals surface area contributed by atoms with Crippen LogP contribution in [0.5, 0.6) is 0 Å². The Morgan fingerprint density at radius 2 is 1.63 bits per heavy atom. The minimum atomic E-state index is -0.0828. The van der Waals surface area contributed by atoms with Crippen LogP contribution in [0, 0.1) is 11.8 Å². The highest BCUT2D eigenvalue weighted by molar-refractivity contribution is 6.22. The molecule has 1 aromatic rings. The van der Waals surface area contributed by atoms with E-state index >= 15 is 0 Å². The number of rotatable bonds is 2. The number of carbonyl (C=O) groups excluding carboxylic acids is 2. The van der Waals surface area contributed by atoms with Crippen molar-refractivity contribution in [2.45, 2.75) is 32.2 Å². The van der Waals surface area contributed by atoms with E-state index in [1.807, 2.05) is 31.2 Å². The van der Waals surface area contributed by atoms with Gasteiger partial charge >= 0.3 is 0 Å². The normalized spacial score (nSPS) is 27.8. The summed E-state index contributed by atoms with van der Waals surface area (Å²) in [6.45, 7) is 1.91. The Balaban J connectivity index is 1.90. The molecule has 19 heavy (non-hydrogen) atoms. The first-order valence-electron chi connectivity index (χ1n) is 6.83. The Morgan fingerprint density at radius 3 is 2.11 bits per heavy atom. The molecule has 3 atom stereocenters. The first kappa shape index (κ1) is 12.4. The van der Waals surface area contributed by atoms with Gasteiger partial charge in [0.2, 0.25) is 11.8 Å². The molecule has 1 aliphatic carbocycles. The molecule has 0 aromatic heterocycles. The van der Waals surface area contributed by atoms with E-state index in [0.717, 1.165) is 24.8 Å². The minimum absolute atomic E-state index is 0.0268. The van der Waals surface area contributed by atoms with E-state index in [1.54, 1.807) is 0 Å². The van der Waals surface area contributed by atoms with Crippen molar-refractivity contribution in [1.29, 1.82) is 0 Å². The average Bonchev–Trinajstić information content (AvgIpc) is 2.95. The summed E-state index contributed by atoms with van der Waals surface area (Å²) < 4.78 is 0. The lowest BCUT2D eigenvalue weighted by atomic mass is 10.00. The maximum atomic E-state index is 12.3. The molecule has 2 amide bonds. The number of hydrogen-bond donors (Lipinski definition) is 1. The molecular formula is C15H18N2O2. The Hall–Kier alpha value is -1.68. The molecule has 100 valence electrons. The lowest BCUT2D eigenvalue weighted by Gasteiger charge is -2.16. The highest BCUT2D eigenvalue weighted by Gasteiger charge is 2.50. The molecular weight excluding hydrogens is 240 g/mol. The van der Waals surface area contributed by atoms with Crippen molar-refractivity contribution in [2.75, 3.05) is 4.90 Å². The van der Waals surface area contributed by atoms with Crippen LogP contribution in [-0.4, -0.2) is 11.8 Å². The maximum Gasteiger partial charge on any atom is 0.237 e. The molecule has 1 saturated heterocycles. The number of nitrogens with two attached hydrogens (primary N) is 1. The van der Waals surface area contributed by atoms with Gasteiger partial charge < -0.3 is 5.73 Å². The van der Waals surface area contributed by atoms with Gasteiger partial charge in [-0.1, -0.05) is 18.6 Å². The van der Waals surface area contributed by atoms with Crippen LogP contribution in [0.15, 0.2) is 24.3 Å². The maximum absolute atomic E-state index is 12.3. The topological polar surface area (TPSA) is 63.4 Å². The van der Waals surface area contributed by atoms with E-state index in [-0.39, 0.29) is 29.7 Å². The van der Waals surface area contributed by atoms with Crippen molar-refractivity contribution >= 4 is 17.5 Å². The number of carbonyl (C=O) groups is 2. The van der Waals surface area contributed by atoms with Gasteiger partial charge in [0.15, 0.2) is 0 Å². The first-order valence-corrected chi connectivity index (χ1v) is 6.83. The largest absolute Gasteiger partial charge is 0.324 e. The van der Waals surface area contributed by atoms with E-state index in [2.05, 4.69) is 0 Å². The second-order valence-electron chi connectivity index (χ2n) is 5.54. The van der Waals surface area contributed by atoms with Crippen LogP contribution in [-0.2, 0) is 9.59 Å². The smallest absolute Gasteiger partial charge is 0.237 e. The summed E-state index contributed by atoms with van der Waals surface area (Å²) in [5.74, 6) is -0.219. The van der Waals surface area contributed by atoms with E-state index in [9.17, 15) is 9.59 Å². The van der Waals surface area contributed by atoms with Gasteiger partial charge in [-0.2, -0.15) is 0 Å². The molecule has 1 aliphatic heterocycles. The Kier molecular flexibility index (Phi) is 2.90. The van der Waals surface area contributed by atoms with Gasteiger partial charge in [0.05, 0.1) is 17.5 Å². The third-order valence-corrected chi connectivity index (χ3v) is 4.27. The van der Waals surface area contributed by atoms with Crippen LogP contribution in [0.25, 0.3) is 0 Å². The molecule has 3 rings (SSSR count). The molecule has 1 saturated carbocycles. The number of fused-ring (bicyclic) bond motifs is 1. The van der Waals surface area contributed by atoms with Gasteiger partial charge in [0.1, 0.15) is 0 Å². The lowest BCUT2D eigenvalue weighted by Crippen LogP contribution is -2.31. The molecule has 3 unspecified atom stereocenters. The number of benzene rings is 1. The van der Waals surface area contributed by atoms with Crippen LogP contribution in [0.1, 0.15) is 37.8 Å². The van der Waals surface area contributed by atoms with E-state index < -0.39 is 0 Å². The summed E-state index contributed by atoms with van der Waals surface area (Å²) in [5, 5.41) is 0. The van der Waals surface area contributed by atoms with E-state index in [4.69, 9.17) is 5.73 Å². The summed E-state index contributed by atoms with van der Waals surface area (Å²) in [6.07, 6.45) is 2.69. The molecule has 4 heteroatoms. The lowest BCUT2D eigenvalue weighted by molar-refractivity contribution is -0.122. The van der Waals surface area contributed by atoms with Crippen molar-refractivity contribution in [3.05, 3.63) is 29.8 Å². The number of anilines is 1. The highest BCUT2D eigenvalue weighted by Crippen LogP contribution is 2.41. The Labute approximate surface area is 112 Å². The van der Waals surface area contributed by atoms with E-state index in [0.29, 0.717) is 5.69 Å². The summed E-state index contributed by atoms with van der Waals surface area (Å²) >= 11 is 0. The van der Waals surface area contributed by atoms with Crippen LogP contribution in [0.3, 0.4) is 0 Å². The van der Waals surface area contributed by atoms with Gasteiger partial charge in [-0.3, -0.25) is 14.5 Å². The van der Waals surface area contributed by atoms with Crippen LogP contribution in [0.4, 0.5) is 5.69 Å². The Morgan fingerprint density at radius 1 is 1.11 bits per heavy atom. The molecule has 0 bridgehead atoms. The number of imide groups is 1. The van der Waals surface area contributed by atoms with Gasteiger partial charge in [-0.25, -0.2) is 0 Å². The summed E-state index contributed by atoms with van der Waals surface area (Å²) in [6, 6.07) is 7.35. The summed E-state index contributed by atoms with van der Waals surface area (Å²) in [4.78, 5) is 26.0. The van der Waals surface area contributed by atoms with Crippen molar-refractivity contribution in [3.8, 4) is 0 Å². The van der Waals surface area contributed by atoms with Crippen LogP contribution < -0.4 is 10.6 Å². The van der Waals surface area contributed by atoms with Crippen molar-refractivity contribution < 1.29 is 9.59 Å². The third kappa shape index (κ3) is 1.87. The van der Waals surface area contributed by atoms with Crippen molar-refractivity contribution in [3.63, 3.8) is 0 Å². The number of hydrogen-bond acceptors (Lipinski definition) is 3. The van der Waals surface area contributed by atoms with Crippen molar-refractivity contribution in [1.82, 2.24) is 0 Å². The van der Waals surface area contributed by atoms with Gasteiger partial charge in [-0.05, 0) is 37.5 Å². The monoisotopic (exact) mass is 258 g/mol. The van der Waals surface area contributed by atoms with Gasteiger partial charge in [0.25, 0.3) is 0 Å². The average molecular weight is 258 g/mol. The standard InChI is InChI=1S/C15H18N2O2/c1-9(16)10-5-7-11(8-6-10)17-14(18)12-3-2-4-13(12)15(17)19/h5-9,12-13H,2-4,16H2,1H3. The SMILES string of the molecule is CC(N)c1ccc(N2C(=O)C3CCCC3C2=O)cc1. The van der Waals surface area contributed by atoms with Gasteiger partial charge in [0, 0.05) is 6.04 Å². The number of amides is 2. The minimum Gasteiger partial charge on any atom is -0.324 e. The molecule has 2 N–H and O–H groups in total. The zero-order chi connectivity index (χ0) is 13.6. The fraction of sp³-hybridized carbons (Fsp3) is 0.467. The van der Waals surface area contributed by atoms with Crippen LogP contribution >= 0.6 is 0 Å². The fourth-order valence-electron chi connectivity index (χ4n) is 3.17. The van der Waals surface area contributed by atoms with Crippen LogP contribution in [0.2, 0.25) is 0 Å². The molecule has 0 radical (unpaired) electrons. The zero-order valence-electron chi connectivity index (χ0n) is 11.0. The molecule has 4 nitrogen and oxygen atoms in total. The highest BCUT2D eigenvalue weighted by atomic mass is 16.2. The number of nitrogens with zero attached hydrogens (tertiary/aromatic N) is 1. The second kappa shape index (κ2) is 4.46. The Bertz CT molecular complexity index is 499. The summed E-state index contributed by atoms with van der Waals surface area (Å²) in [7, 11) is 0. The summed E-state index contributed by atoms with van der Waals surface area (Å²) in [5.41, 5.74) is 7.48. The predicted octanol–water partition coefficient (Wildman–Crippen LogP) is 2.00. The fourth-order valence-corrected chi connectivity index (χ4v) is 3.17.